The van der Waals surface area contributed by atoms with Gasteiger partial charge in [-0.25, -0.2) is 0 Å². The van der Waals surface area contributed by atoms with E-state index < -0.39 is 0 Å². The third-order valence-corrected chi connectivity index (χ3v) is 5.59. The number of ether oxygens (including phenoxy) is 1. The number of hydrogen-bond donors (Lipinski definition) is 1. The molecule has 0 aromatic rings. The molecule has 3 fully saturated rings. The van der Waals surface area contributed by atoms with E-state index in [4.69, 9.17) is 4.74 Å². The van der Waals surface area contributed by atoms with Crippen molar-refractivity contribution in [3.8, 4) is 0 Å². The van der Waals surface area contributed by atoms with Crippen molar-refractivity contribution in [3.05, 3.63) is 0 Å². The van der Waals surface area contributed by atoms with Gasteiger partial charge in [0.1, 0.15) is 0 Å². The van der Waals surface area contributed by atoms with Crippen molar-refractivity contribution >= 4 is 0 Å². The molecular formula is C16H29NO. The van der Waals surface area contributed by atoms with Gasteiger partial charge in [0.15, 0.2) is 0 Å². The predicted octanol–water partition coefficient (Wildman–Crippen LogP) is 3.36. The maximum Gasteiger partial charge on any atom is 0.0787 e. The molecule has 0 aromatic heterocycles. The van der Waals surface area contributed by atoms with Crippen molar-refractivity contribution in [3.63, 3.8) is 0 Å². The normalized spacial score (nSPS) is 44.7. The Morgan fingerprint density at radius 1 is 1.11 bits per heavy atom. The van der Waals surface area contributed by atoms with E-state index in [1.165, 1.54) is 32.2 Å². The van der Waals surface area contributed by atoms with Crippen LogP contribution in [0, 0.1) is 17.8 Å². The molecule has 0 radical (unpaired) electrons. The first-order valence-corrected chi connectivity index (χ1v) is 7.79. The van der Waals surface area contributed by atoms with E-state index in [9.17, 15) is 0 Å². The van der Waals surface area contributed by atoms with Gasteiger partial charge in [0, 0.05) is 6.04 Å². The molecule has 2 heteroatoms. The van der Waals surface area contributed by atoms with Crippen molar-refractivity contribution in [2.45, 2.75) is 77.0 Å². The lowest BCUT2D eigenvalue weighted by atomic mass is 9.87. The van der Waals surface area contributed by atoms with Crippen LogP contribution in [0.25, 0.3) is 0 Å². The van der Waals surface area contributed by atoms with Crippen LogP contribution < -0.4 is 5.32 Å². The maximum atomic E-state index is 6.16. The summed E-state index contributed by atoms with van der Waals surface area (Å²) in [4.78, 5) is 0. The molecule has 1 aliphatic heterocycles. The fourth-order valence-electron chi connectivity index (χ4n) is 4.80. The first-order valence-electron chi connectivity index (χ1n) is 7.79. The Kier molecular flexibility index (Phi) is 3.02. The lowest BCUT2D eigenvalue weighted by Gasteiger charge is -2.30. The van der Waals surface area contributed by atoms with Gasteiger partial charge in [0.2, 0.25) is 0 Å². The highest BCUT2D eigenvalue weighted by Gasteiger charge is 2.46. The van der Waals surface area contributed by atoms with Crippen molar-refractivity contribution in [2.24, 2.45) is 17.8 Å². The third kappa shape index (κ3) is 2.34. The van der Waals surface area contributed by atoms with Crippen LogP contribution in [0.3, 0.4) is 0 Å². The maximum absolute atomic E-state index is 6.16. The molecule has 3 aliphatic rings. The van der Waals surface area contributed by atoms with E-state index in [0.29, 0.717) is 6.04 Å². The minimum atomic E-state index is -0.0128. The Morgan fingerprint density at radius 3 is 2.39 bits per heavy atom. The summed E-state index contributed by atoms with van der Waals surface area (Å²) in [7, 11) is 0. The first kappa shape index (κ1) is 12.9. The monoisotopic (exact) mass is 251 g/mol. The highest BCUT2D eigenvalue weighted by molar-refractivity contribution is 5.00. The van der Waals surface area contributed by atoms with Crippen LogP contribution in [0.5, 0.6) is 0 Å². The van der Waals surface area contributed by atoms with E-state index in [2.05, 4.69) is 33.0 Å². The lowest BCUT2D eigenvalue weighted by molar-refractivity contribution is -0.0700. The fourth-order valence-corrected chi connectivity index (χ4v) is 4.80. The number of hydrogen-bond acceptors (Lipinski definition) is 2. The van der Waals surface area contributed by atoms with E-state index >= 15 is 0 Å². The molecule has 4 atom stereocenters. The van der Waals surface area contributed by atoms with Gasteiger partial charge < -0.3 is 10.1 Å². The minimum Gasteiger partial charge on any atom is -0.368 e. The first-order chi connectivity index (χ1) is 8.36. The second-order valence-corrected chi connectivity index (χ2v) is 8.07. The standard InChI is InChI=1S/C16H29NO/c1-15(2)9-14(16(3,4)18-15)17-10-13-8-11-5-6-12(13)7-11/h11-14,17H,5-10H2,1-4H3. The van der Waals surface area contributed by atoms with Crippen molar-refractivity contribution < 1.29 is 4.74 Å². The zero-order chi connectivity index (χ0) is 13.0. The fraction of sp³-hybridized carbons (Fsp3) is 1.00. The van der Waals surface area contributed by atoms with Crippen LogP contribution in [0.4, 0.5) is 0 Å². The molecule has 2 saturated carbocycles. The third-order valence-electron chi connectivity index (χ3n) is 5.59. The van der Waals surface area contributed by atoms with Crippen LogP contribution in [0.15, 0.2) is 0 Å². The Balaban J connectivity index is 1.54. The molecule has 1 heterocycles. The summed E-state index contributed by atoms with van der Waals surface area (Å²) in [5.41, 5.74) is 0.0248. The van der Waals surface area contributed by atoms with E-state index in [1.54, 1.807) is 0 Å². The number of nitrogens with one attached hydrogen (secondary N) is 1. The Labute approximate surface area is 112 Å². The summed E-state index contributed by atoms with van der Waals surface area (Å²) in [5, 5.41) is 3.83. The second-order valence-electron chi connectivity index (χ2n) is 8.07. The van der Waals surface area contributed by atoms with Crippen LogP contribution in [-0.4, -0.2) is 23.8 Å². The van der Waals surface area contributed by atoms with E-state index in [0.717, 1.165) is 24.2 Å². The molecule has 0 amide bonds. The molecule has 2 bridgehead atoms. The van der Waals surface area contributed by atoms with Crippen molar-refractivity contribution in [2.75, 3.05) is 6.54 Å². The Bertz CT molecular complexity index is 323. The molecule has 0 spiro atoms. The predicted molar refractivity (Wildman–Crippen MR) is 74.6 cm³/mol. The van der Waals surface area contributed by atoms with Crippen LogP contribution >= 0.6 is 0 Å². The number of rotatable bonds is 3. The topological polar surface area (TPSA) is 21.3 Å². The molecule has 3 rings (SSSR count). The van der Waals surface area contributed by atoms with E-state index in [1.807, 2.05) is 0 Å². The summed E-state index contributed by atoms with van der Waals surface area (Å²) in [6, 6.07) is 0.520. The van der Waals surface area contributed by atoms with Gasteiger partial charge in [-0.05, 0) is 77.7 Å². The zero-order valence-electron chi connectivity index (χ0n) is 12.5. The molecule has 1 saturated heterocycles. The molecular weight excluding hydrogens is 222 g/mol. The molecule has 0 aromatic carbocycles. The largest absolute Gasteiger partial charge is 0.368 e. The smallest absolute Gasteiger partial charge is 0.0787 e. The number of fused-ring (bicyclic) bond motifs is 2. The van der Waals surface area contributed by atoms with Crippen molar-refractivity contribution in [1.29, 1.82) is 0 Å². The molecule has 18 heavy (non-hydrogen) atoms. The molecule has 2 nitrogen and oxygen atoms in total. The summed E-state index contributed by atoms with van der Waals surface area (Å²) in [5.74, 6) is 3.04. The summed E-state index contributed by atoms with van der Waals surface area (Å²) < 4.78 is 6.16. The molecule has 4 unspecified atom stereocenters. The minimum absolute atomic E-state index is 0.0128. The summed E-state index contributed by atoms with van der Waals surface area (Å²) in [6.45, 7) is 10.1. The van der Waals surface area contributed by atoms with Crippen LogP contribution in [0.2, 0.25) is 0 Å². The summed E-state index contributed by atoms with van der Waals surface area (Å²) in [6.07, 6.45) is 7.14. The van der Waals surface area contributed by atoms with Crippen LogP contribution in [-0.2, 0) is 4.74 Å². The van der Waals surface area contributed by atoms with Gasteiger partial charge in [-0.1, -0.05) is 6.42 Å². The van der Waals surface area contributed by atoms with Gasteiger partial charge in [0.05, 0.1) is 11.2 Å². The average Bonchev–Trinajstić information content (AvgIpc) is 2.87. The molecule has 1 N–H and O–H groups in total. The highest BCUT2D eigenvalue weighted by Crippen LogP contribution is 2.48. The zero-order valence-corrected chi connectivity index (χ0v) is 12.5. The van der Waals surface area contributed by atoms with E-state index in [-0.39, 0.29) is 11.2 Å². The van der Waals surface area contributed by atoms with Gasteiger partial charge in [0.25, 0.3) is 0 Å². The lowest BCUT2D eigenvalue weighted by Crippen LogP contribution is -2.45. The van der Waals surface area contributed by atoms with Gasteiger partial charge in [-0.2, -0.15) is 0 Å². The molecule has 2 aliphatic carbocycles. The van der Waals surface area contributed by atoms with Gasteiger partial charge >= 0.3 is 0 Å². The quantitative estimate of drug-likeness (QED) is 0.830. The summed E-state index contributed by atoms with van der Waals surface area (Å²) >= 11 is 0. The SMILES string of the molecule is CC1(C)CC(NCC2CC3CCC2C3)C(C)(C)O1. The van der Waals surface area contributed by atoms with Gasteiger partial charge in [-0.3, -0.25) is 0 Å². The van der Waals surface area contributed by atoms with Gasteiger partial charge in [-0.15, -0.1) is 0 Å². The molecule has 104 valence electrons. The van der Waals surface area contributed by atoms with Crippen molar-refractivity contribution in [1.82, 2.24) is 5.32 Å². The Hall–Kier alpha value is -0.0800. The average molecular weight is 251 g/mol. The van der Waals surface area contributed by atoms with Crippen LogP contribution in [0.1, 0.15) is 59.8 Å². The highest BCUT2D eigenvalue weighted by atomic mass is 16.5. The second kappa shape index (κ2) is 4.21. The Morgan fingerprint density at radius 2 is 1.89 bits per heavy atom.